The fourth-order valence-electron chi connectivity index (χ4n) is 5.64. The topological polar surface area (TPSA) is 104 Å². The molecule has 10 nitrogen and oxygen atoms in total. The van der Waals surface area contributed by atoms with E-state index in [4.69, 9.17) is 9.47 Å². The predicted octanol–water partition coefficient (Wildman–Crippen LogP) is 5.29. The Bertz CT molecular complexity index is 1900. The van der Waals surface area contributed by atoms with Crippen LogP contribution in [0.1, 0.15) is 44.5 Å². The van der Waals surface area contributed by atoms with E-state index in [1.54, 1.807) is 59.4 Å². The minimum absolute atomic E-state index is 0.0943. The van der Waals surface area contributed by atoms with Crippen LogP contribution >= 0.6 is 0 Å². The molecule has 2 aromatic carbocycles. The molecule has 3 aromatic heterocycles. The van der Waals surface area contributed by atoms with Gasteiger partial charge in [0.05, 0.1) is 36.8 Å². The maximum atomic E-state index is 14.3. The Hall–Kier alpha value is -5.20. The number of hydrogen-bond acceptors (Lipinski definition) is 7. The molecule has 0 spiro atoms. The van der Waals surface area contributed by atoms with E-state index < -0.39 is 23.7 Å². The molecule has 0 atom stereocenters. The summed E-state index contributed by atoms with van der Waals surface area (Å²) in [6.45, 7) is 2.32. The molecular weight excluding hydrogens is 577 g/mol. The number of alkyl halides is 3. The first kappa shape index (κ1) is 28.9. The van der Waals surface area contributed by atoms with Crippen molar-refractivity contribution in [3.63, 3.8) is 0 Å². The number of methoxy groups -OCH3 is 1. The molecule has 6 rings (SSSR count). The van der Waals surface area contributed by atoms with Crippen molar-refractivity contribution in [2.24, 2.45) is 7.05 Å². The highest BCUT2D eigenvalue weighted by Crippen LogP contribution is 2.41. The minimum Gasteiger partial charge on any atom is -0.497 e. The molecule has 0 bridgehead atoms. The van der Waals surface area contributed by atoms with Crippen LogP contribution in [-0.2, 0) is 30.9 Å². The van der Waals surface area contributed by atoms with E-state index in [1.165, 1.54) is 32.6 Å². The molecule has 0 saturated carbocycles. The molecule has 0 aliphatic carbocycles. The maximum absolute atomic E-state index is 14.3. The molecule has 1 amide bonds. The highest BCUT2D eigenvalue weighted by Gasteiger charge is 2.39. The quantitative estimate of drug-likeness (QED) is 0.233. The van der Waals surface area contributed by atoms with E-state index in [-0.39, 0.29) is 42.8 Å². The Kier molecular flexibility index (Phi) is 7.31. The fraction of sp³-hybridized carbons (Fsp3) is 0.258. The van der Waals surface area contributed by atoms with Crippen LogP contribution in [0.25, 0.3) is 22.0 Å². The second kappa shape index (κ2) is 11.1. The van der Waals surface area contributed by atoms with Crippen LogP contribution in [0.4, 0.5) is 18.9 Å². The van der Waals surface area contributed by atoms with Crippen molar-refractivity contribution < 1.29 is 32.2 Å². The van der Waals surface area contributed by atoms with Gasteiger partial charge in [0.1, 0.15) is 5.75 Å². The van der Waals surface area contributed by atoms with Gasteiger partial charge in [-0.25, -0.2) is 9.78 Å². The number of pyridine rings is 1. The number of ether oxygens (including phenoxy) is 2. The smallest absolute Gasteiger partial charge is 0.435 e. The number of rotatable bonds is 7. The molecular formula is C31H27F3N6O4. The molecule has 0 unspecified atom stereocenters. The zero-order chi connectivity index (χ0) is 31.2. The Balaban J connectivity index is 1.52. The largest absolute Gasteiger partial charge is 0.497 e. The molecule has 44 heavy (non-hydrogen) atoms. The summed E-state index contributed by atoms with van der Waals surface area (Å²) >= 11 is 0. The normalized spacial score (nSPS) is 13.3. The van der Waals surface area contributed by atoms with Gasteiger partial charge in [0.15, 0.2) is 5.69 Å². The van der Waals surface area contributed by atoms with Gasteiger partial charge in [-0.3, -0.25) is 14.5 Å². The average molecular weight is 605 g/mol. The summed E-state index contributed by atoms with van der Waals surface area (Å²) in [4.78, 5) is 37.1. The van der Waals surface area contributed by atoms with E-state index in [0.717, 1.165) is 4.68 Å². The summed E-state index contributed by atoms with van der Waals surface area (Å²) in [5, 5.41) is 4.20. The van der Waals surface area contributed by atoms with Gasteiger partial charge in [0.2, 0.25) is 0 Å². The number of anilines is 1. The zero-order valence-electron chi connectivity index (χ0n) is 24.1. The molecule has 0 saturated heterocycles. The number of esters is 1. The molecule has 13 heteroatoms. The number of nitrogens with zero attached hydrogens (tertiary/aromatic N) is 6. The number of benzene rings is 2. The number of aromatic nitrogens is 5. The Morgan fingerprint density at radius 2 is 1.89 bits per heavy atom. The summed E-state index contributed by atoms with van der Waals surface area (Å²) in [7, 11) is 2.90. The summed E-state index contributed by atoms with van der Waals surface area (Å²) in [5.74, 6) is -0.603. The van der Waals surface area contributed by atoms with E-state index in [1.807, 2.05) is 0 Å². The van der Waals surface area contributed by atoms with Gasteiger partial charge in [0.25, 0.3) is 5.91 Å². The van der Waals surface area contributed by atoms with Crippen LogP contribution in [0.3, 0.4) is 0 Å². The van der Waals surface area contributed by atoms with Crippen LogP contribution in [0.5, 0.6) is 5.75 Å². The standard InChI is InChI=1S/C31H27F3N6O4/c1-4-44-30(42)24-14-19(43-3)13-23-26(5-7-36-27(23)24)40-9-6-20-21(25-16-38(2)37-28(25)31(32,33)34)11-18(12-22(20)29(40)41)15-39-10-8-35-17-39/h5,7-8,10-14,16-17H,4,6,9,15H2,1-3H3. The van der Waals surface area contributed by atoms with Gasteiger partial charge >= 0.3 is 12.1 Å². The van der Waals surface area contributed by atoms with Gasteiger partial charge in [-0.15, -0.1) is 0 Å². The van der Waals surface area contributed by atoms with Gasteiger partial charge in [-0.2, -0.15) is 18.3 Å². The first-order chi connectivity index (χ1) is 21.1. The number of hydrogen-bond donors (Lipinski definition) is 0. The van der Waals surface area contributed by atoms with Crippen molar-refractivity contribution in [3.8, 4) is 16.9 Å². The van der Waals surface area contributed by atoms with Crippen molar-refractivity contribution in [1.29, 1.82) is 0 Å². The van der Waals surface area contributed by atoms with Gasteiger partial charge < -0.3 is 18.9 Å². The third-order valence-electron chi connectivity index (χ3n) is 7.50. The lowest BCUT2D eigenvalue weighted by atomic mass is 9.87. The molecule has 5 aromatic rings. The molecule has 0 radical (unpaired) electrons. The summed E-state index contributed by atoms with van der Waals surface area (Å²) in [6, 6.07) is 8.29. The summed E-state index contributed by atoms with van der Waals surface area (Å²) in [6.07, 6.45) is 3.33. The monoisotopic (exact) mass is 604 g/mol. The van der Waals surface area contributed by atoms with Gasteiger partial charge in [-0.1, -0.05) is 0 Å². The van der Waals surface area contributed by atoms with Crippen molar-refractivity contribution in [2.45, 2.75) is 26.1 Å². The molecule has 0 N–H and O–H groups in total. The van der Waals surface area contributed by atoms with Crippen molar-refractivity contribution in [1.82, 2.24) is 24.3 Å². The van der Waals surface area contributed by atoms with E-state index in [9.17, 15) is 22.8 Å². The first-order valence-corrected chi connectivity index (χ1v) is 13.8. The zero-order valence-corrected chi connectivity index (χ0v) is 24.1. The summed E-state index contributed by atoms with van der Waals surface area (Å²) in [5.41, 5.74) is 1.59. The SMILES string of the molecule is CCOC(=O)c1cc(OC)cc2c(N3CCc4c(cc(Cn5ccnc5)cc4-c4cn(C)nc4C(F)(F)F)C3=O)ccnc12. The van der Waals surface area contributed by atoms with Crippen molar-refractivity contribution >= 4 is 28.5 Å². The van der Waals surface area contributed by atoms with Gasteiger partial charge in [0, 0.05) is 61.4 Å². The van der Waals surface area contributed by atoms with Crippen molar-refractivity contribution in [3.05, 3.63) is 89.4 Å². The first-order valence-electron chi connectivity index (χ1n) is 13.8. The van der Waals surface area contributed by atoms with Crippen LogP contribution in [0, 0.1) is 0 Å². The van der Waals surface area contributed by atoms with E-state index in [2.05, 4.69) is 15.1 Å². The average Bonchev–Trinajstić information content (AvgIpc) is 3.66. The lowest BCUT2D eigenvalue weighted by molar-refractivity contribution is -0.141. The second-order valence-corrected chi connectivity index (χ2v) is 10.3. The number of carbonyl (C=O) groups excluding carboxylic acids is 2. The highest BCUT2D eigenvalue weighted by molar-refractivity contribution is 6.15. The minimum atomic E-state index is -4.69. The lowest BCUT2D eigenvalue weighted by Gasteiger charge is -2.31. The lowest BCUT2D eigenvalue weighted by Crippen LogP contribution is -2.38. The highest BCUT2D eigenvalue weighted by atomic mass is 19.4. The predicted molar refractivity (Wildman–Crippen MR) is 155 cm³/mol. The number of imidazole rings is 1. The number of aryl methyl sites for hydroxylation is 1. The second-order valence-electron chi connectivity index (χ2n) is 10.3. The van der Waals surface area contributed by atoms with Crippen LogP contribution < -0.4 is 9.64 Å². The molecule has 1 aliphatic heterocycles. The Labute approximate surface area is 249 Å². The van der Waals surface area contributed by atoms with Crippen LogP contribution in [0.15, 0.2) is 61.4 Å². The molecule has 0 fully saturated rings. The molecule has 1 aliphatic rings. The van der Waals surface area contributed by atoms with Crippen LogP contribution in [0.2, 0.25) is 0 Å². The fourth-order valence-corrected chi connectivity index (χ4v) is 5.64. The number of carbonyl (C=O) groups is 2. The Morgan fingerprint density at radius 1 is 1.09 bits per heavy atom. The van der Waals surface area contributed by atoms with Crippen molar-refractivity contribution in [2.75, 3.05) is 25.2 Å². The number of fused-ring (bicyclic) bond motifs is 2. The van der Waals surface area contributed by atoms with E-state index >= 15 is 0 Å². The third-order valence-corrected chi connectivity index (χ3v) is 7.50. The number of halogens is 3. The van der Waals surface area contributed by atoms with Crippen LogP contribution in [-0.4, -0.2) is 56.5 Å². The number of amides is 1. The molecule has 4 heterocycles. The maximum Gasteiger partial charge on any atom is 0.435 e. The van der Waals surface area contributed by atoms with E-state index in [0.29, 0.717) is 39.0 Å². The third kappa shape index (κ3) is 5.14. The summed E-state index contributed by atoms with van der Waals surface area (Å²) < 4.78 is 55.8. The Morgan fingerprint density at radius 3 is 2.59 bits per heavy atom. The van der Waals surface area contributed by atoms with Gasteiger partial charge in [-0.05, 0) is 60.4 Å². The molecule has 226 valence electrons.